The highest BCUT2D eigenvalue weighted by molar-refractivity contribution is 6.08. The Bertz CT molecular complexity index is 93.6. The zero-order valence-electron chi connectivity index (χ0n) is 6.85. The van der Waals surface area contributed by atoms with E-state index in [9.17, 15) is 4.79 Å². The van der Waals surface area contributed by atoms with Crippen molar-refractivity contribution < 1.29 is 9.53 Å². The van der Waals surface area contributed by atoms with Crippen LogP contribution in [0.3, 0.4) is 0 Å². The Morgan fingerprint density at radius 2 is 2.10 bits per heavy atom. The van der Waals surface area contributed by atoms with Crippen molar-refractivity contribution in [3.8, 4) is 0 Å². The minimum Gasteiger partial charge on any atom is -0.469 e. The van der Waals surface area contributed by atoms with Crippen molar-refractivity contribution in [3.05, 3.63) is 0 Å². The lowest BCUT2D eigenvalue weighted by molar-refractivity contribution is -0.140. The topological polar surface area (TPSA) is 26.3 Å². The summed E-state index contributed by atoms with van der Waals surface area (Å²) in [5, 5.41) is 0. The van der Waals surface area contributed by atoms with Crippen LogP contribution in [0.1, 0.15) is 25.7 Å². The van der Waals surface area contributed by atoms with Gasteiger partial charge in [-0.2, -0.15) is 0 Å². The summed E-state index contributed by atoms with van der Waals surface area (Å²) in [6.45, 7) is 0. The van der Waals surface area contributed by atoms with E-state index in [-0.39, 0.29) is 5.97 Å². The Kier molecular flexibility index (Phi) is 6.34. The molecule has 0 aromatic rings. The van der Waals surface area contributed by atoms with Gasteiger partial charge < -0.3 is 4.74 Å². The first kappa shape index (κ1) is 9.53. The number of esters is 1. The molecule has 0 fully saturated rings. The minimum atomic E-state index is -0.0869. The summed E-state index contributed by atoms with van der Waals surface area (Å²) in [6.07, 6.45) is 5.13. The third-order valence-corrected chi connectivity index (χ3v) is 1.46. The molecule has 3 heteroatoms. The summed E-state index contributed by atoms with van der Waals surface area (Å²) in [5.41, 5.74) is 0. The molecule has 0 aromatic carbocycles. The van der Waals surface area contributed by atoms with Crippen LogP contribution >= 0.6 is 0 Å². The standard InChI is InChI=1S/C7H15BO2/c1-10-7(9)5-3-2-4-6-8/h2-6,8H2,1H3. The molecule has 0 N–H and O–H groups in total. The van der Waals surface area contributed by atoms with Gasteiger partial charge in [0.1, 0.15) is 7.85 Å². The number of methoxy groups -OCH3 is 1. The third-order valence-electron chi connectivity index (χ3n) is 1.46. The summed E-state index contributed by atoms with van der Waals surface area (Å²) in [5.74, 6) is -0.0869. The van der Waals surface area contributed by atoms with Gasteiger partial charge in [0.2, 0.25) is 0 Å². The van der Waals surface area contributed by atoms with Crippen molar-refractivity contribution in [2.24, 2.45) is 0 Å². The van der Waals surface area contributed by atoms with Gasteiger partial charge in [0, 0.05) is 6.42 Å². The first-order chi connectivity index (χ1) is 4.81. The van der Waals surface area contributed by atoms with E-state index in [4.69, 9.17) is 0 Å². The van der Waals surface area contributed by atoms with Crippen molar-refractivity contribution in [1.82, 2.24) is 0 Å². The van der Waals surface area contributed by atoms with Crippen LogP contribution in [0.4, 0.5) is 0 Å². The molecule has 2 nitrogen and oxygen atoms in total. The number of unbranched alkanes of at least 4 members (excludes halogenated alkanes) is 2. The van der Waals surface area contributed by atoms with Gasteiger partial charge in [-0.15, -0.1) is 0 Å². The van der Waals surface area contributed by atoms with Crippen molar-refractivity contribution in [3.63, 3.8) is 0 Å². The van der Waals surface area contributed by atoms with Gasteiger partial charge in [-0.05, 0) is 6.42 Å². The number of rotatable bonds is 5. The molecule has 0 aliphatic rings. The highest BCUT2D eigenvalue weighted by atomic mass is 16.5. The van der Waals surface area contributed by atoms with Crippen LogP contribution in [0.25, 0.3) is 0 Å². The van der Waals surface area contributed by atoms with Gasteiger partial charge in [0.05, 0.1) is 7.11 Å². The fourth-order valence-electron chi connectivity index (χ4n) is 0.798. The van der Waals surface area contributed by atoms with E-state index >= 15 is 0 Å². The molecular weight excluding hydrogens is 127 g/mol. The number of carbonyl (C=O) groups excluding carboxylic acids is 1. The van der Waals surface area contributed by atoms with Crippen LogP contribution in [0.15, 0.2) is 0 Å². The maximum Gasteiger partial charge on any atom is 0.305 e. The smallest absolute Gasteiger partial charge is 0.305 e. The van der Waals surface area contributed by atoms with Gasteiger partial charge in [0.25, 0.3) is 0 Å². The van der Waals surface area contributed by atoms with Crippen LogP contribution in [0.2, 0.25) is 6.32 Å². The quantitative estimate of drug-likeness (QED) is 0.322. The van der Waals surface area contributed by atoms with E-state index in [2.05, 4.69) is 12.6 Å². The number of carbonyl (C=O) groups is 1. The highest BCUT2D eigenvalue weighted by Crippen LogP contribution is 2.01. The van der Waals surface area contributed by atoms with E-state index < -0.39 is 0 Å². The van der Waals surface area contributed by atoms with Gasteiger partial charge in [-0.1, -0.05) is 19.2 Å². The molecule has 0 saturated heterocycles. The second kappa shape index (κ2) is 6.65. The summed E-state index contributed by atoms with van der Waals surface area (Å²) in [4.78, 5) is 10.6. The lowest BCUT2D eigenvalue weighted by atomic mass is 9.99. The Morgan fingerprint density at radius 3 is 2.60 bits per heavy atom. The molecule has 0 radical (unpaired) electrons. The molecule has 58 valence electrons. The maximum atomic E-state index is 10.6. The molecule has 10 heavy (non-hydrogen) atoms. The van der Waals surface area contributed by atoms with Crippen LogP contribution in [-0.4, -0.2) is 20.9 Å². The molecule has 0 aliphatic heterocycles. The molecule has 0 atom stereocenters. The Balaban J connectivity index is 2.96. The van der Waals surface area contributed by atoms with Crippen molar-refractivity contribution in [2.45, 2.75) is 32.0 Å². The molecule has 0 aromatic heterocycles. The lowest BCUT2D eigenvalue weighted by Crippen LogP contribution is -1.98. The van der Waals surface area contributed by atoms with E-state index in [1.54, 1.807) is 0 Å². The van der Waals surface area contributed by atoms with Gasteiger partial charge >= 0.3 is 5.97 Å². The molecular formula is C7H15BO2. The molecule has 0 rings (SSSR count). The van der Waals surface area contributed by atoms with Gasteiger partial charge in [0.15, 0.2) is 0 Å². The fraction of sp³-hybridized carbons (Fsp3) is 0.857. The molecule has 0 heterocycles. The number of hydrogen-bond donors (Lipinski definition) is 0. The minimum absolute atomic E-state index is 0.0869. The van der Waals surface area contributed by atoms with Crippen molar-refractivity contribution in [1.29, 1.82) is 0 Å². The summed E-state index contributed by atoms with van der Waals surface area (Å²) in [7, 11) is 3.58. The lowest BCUT2D eigenvalue weighted by Gasteiger charge is -1.97. The normalized spacial score (nSPS) is 9.30. The molecule has 0 aliphatic carbocycles. The van der Waals surface area contributed by atoms with Crippen LogP contribution in [0.5, 0.6) is 0 Å². The predicted octanol–water partition coefficient (Wildman–Crippen LogP) is 0.771. The second-order valence-electron chi connectivity index (χ2n) is 2.39. The second-order valence-corrected chi connectivity index (χ2v) is 2.39. The summed E-state index contributed by atoms with van der Waals surface area (Å²) >= 11 is 0. The van der Waals surface area contributed by atoms with Crippen LogP contribution in [0, 0.1) is 0 Å². The molecule has 0 bridgehead atoms. The molecule has 0 unspecified atom stereocenters. The zero-order valence-corrected chi connectivity index (χ0v) is 6.85. The van der Waals surface area contributed by atoms with Crippen LogP contribution < -0.4 is 0 Å². The van der Waals surface area contributed by atoms with Gasteiger partial charge in [-0.25, -0.2) is 0 Å². The largest absolute Gasteiger partial charge is 0.469 e. The summed E-state index contributed by atoms with van der Waals surface area (Å²) < 4.78 is 4.49. The SMILES string of the molecule is BCCCCCC(=O)OC. The van der Waals surface area contributed by atoms with E-state index in [0.717, 1.165) is 12.8 Å². The predicted molar refractivity (Wildman–Crippen MR) is 43.8 cm³/mol. The van der Waals surface area contributed by atoms with Crippen LogP contribution in [-0.2, 0) is 9.53 Å². The Hall–Kier alpha value is -0.465. The maximum absolute atomic E-state index is 10.6. The third kappa shape index (κ3) is 5.67. The Morgan fingerprint density at radius 1 is 1.40 bits per heavy atom. The molecule has 0 spiro atoms. The Labute approximate surface area is 63.4 Å². The van der Waals surface area contributed by atoms with E-state index in [1.807, 2.05) is 0 Å². The summed E-state index contributed by atoms with van der Waals surface area (Å²) in [6, 6.07) is 0. The zero-order chi connectivity index (χ0) is 7.82. The first-order valence-corrected chi connectivity index (χ1v) is 3.88. The average Bonchev–Trinajstić information content (AvgIpc) is 1.98. The molecule has 0 amide bonds. The van der Waals surface area contributed by atoms with E-state index in [1.165, 1.54) is 19.9 Å². The van der Waals surface area contributed by atoms with Crippen molar-refractivity contribution in [2.75, 3.05) is 7.11 Å². The number of hydrogen-bond acceptors (Lipinski definition) is 2. The number of ether oxygens (including phenoxy) is 1. The molecule has 0 saturated carbocycles. The van der Waals surface area contributed by atoms with Gasteiger partial charge in [-0.3, -0.25) is 4.79 Å². The highest BCUT2D eigenvalue weighted by Gasteiger charge is 1.97. The monoisotopic (exact) mass is 142 g/mol. The van der Waals surface area contributed by atoms with Crippen molar-refractivity contribution >= 4 is 13.8 Å². The van der Waals surface area contributed by atoms with E-state index in [0.29, 0.717) is 6.42 Å². The first-order valence-electron chi connectivity index (χ1n) is 3.88. The average molecular weight is 142 g/mol. The fourth-order valence-corrected chi connectivity index (χ4v) is 0.798.